The van der Waals surface area contributed by atoms with Gasteiger partial charge in [0.05, 0.1) is 5.41 Å². The average Bonchev–Trinajstić information content (AvgIpc) is 2.59. The van der Waals surface area contributed by atoms with E-state index in [1.807, 2.05) is 19.9 Å². The fraction of sp³-hybridized carbons (Fsp3) is 0.880. The van der Waals surface area contributed by atoms with Gasteiger partial charge < -0.3 is 4.74 Å². The number of unbranched alkanes of at least 4 members (excludes halogenated alkanes) is 9. The Labute approximate surface area is 170 Å². The molecule has 0 amide bonds. The van der Waals surface area contributed by atoms with Gasteiger partial charge in [-0.3, -0.25) is 4.79 Å². The van der Waals surface area contributed by atoms with Crippen LogP contribution >= 0.6 is 0 Å². The van der Waals surface area contributed by atoms with Gasteiger partial charge in [-0.1, -0.05) is 97.6 Å². The van der Waals surface area contributed by atoms with E-state index in [1.165, 1.54) is 70.6 Å². The minimum atomic E-state index is -0.416. The van der Waals surface area contributed by atoms with E-state index >= 15 is 0 Å². The first-order valence-corrected chi connectivity index (χ1v) is 11.6. The van der Waals surface area contributed by atoms with E-state index in [-0.39, 0.29) is 11.4 Å². The van der Waals surface area contributed by atoms with Crippen molar-refractivity contribution in [1.29, 1.82) is 0 Å². The summed E-state index contributed by atoms with van der Waals surface area (Å²) < 4.78 is 5.52. The Bertz CT molecular complexity index is 393. The highest BCUT2D eigenvalue weighted by molar-refractivity contribution is 5.76. The van der Waals surface area contributed by atoms with E-state index in [9.17, 15) is 4.79 Å². The topological polar surface area (TPSA) is 26.3 Å². The van der Waals surface area contributed by atoms with E-state index in [0.717, 1.165) is 12.8 Å². The normalized spacial score (nSPS) is 12.7. The van der Waals surface area contributed by atoms with Gasteiger partial charge in [-0.25, -0.2) is 0 Å². The van der Waals surface area contributed by atoms with Gasteiger partial charge in [0.15, 0.2) is 0 Å². The number of hydrogen-bond donors (Lipinski definition) is 0. The molecule has 0 spiro atoms. The fourth-order valence-electron chi connectivity index (χ4n) is 3.93. The molecule has 0 saturated heterocycles. The third-order valence-corrected chi connectivity index (χ3v) is 5.38. The fourth-order valence-corrected chi connectivity index (χ4v) is 3.93. The van der Waals surface area contributed by atoms with Crippen molar-refractivity contribution >= 4 is 5.97 Å². The molecule has 0 aromatic rings. The average molecular weight is 381 g/mol. The number of rotatable bonds is 17. The SMILES string of the molecule is CCCCCC/C=C\COC(=O)C(C)(C)CC(C)(C)CCCCCCCC. The molecule has 0 unspecified atom stereocenters. The summed E-state index contributed by atoms with van der Waals surface area (Å²) in [6.07, 6.45) is 20.4. The van der Waals surface area contributed by atoms with Gasteiger partial charge in [-0.2, -0.15) is 0 Å². The third kappa shape index (κ3) is 14.9. The molecule has 0 bridgehead atoms. The van der Waals surface area contributed by atoms with Crippen LogP contribution in [0.4, 0.5) is 0 Å². The number of allylic oxidation sites excluding steroid dienone is 1. The van der Waals surface area contributed by atoms with Crippen molar-refractivity contribution in [3.05, 3.63) is 12.2 Å². The molecule has 0 fully saturated rings. The van der Waals surface area contributed by atoms with Crippen LogP contribution in [0, 0.1) is 10.8 Å². The molecule has 0 aromatic heterocycles. The molecule has 0 aliphatic heterocycles. The van der Waals surface area contributed by atoms with Crippen molar-refractivity contribution in [2.45, 2.75) is 125 Å². The molecule has 0 atom stereocenters. The Balaban J connectivity index is 4.08. The van der Waals surface area contributed by atoms with Crippen LogP contribution in [0.5, 0.6) is 0 Å². The maximum absolute atomic E-state index is 12.5. The van der Waals surface area contributed by atoms with Crippen molar-refractivity contribution < 1.29 is 9.53 Å². The summed E-state index contributed by atoms with van der Waals surface area (Å²) in [5, 5.41) is 0. The summed E-state index contributed by atoms with van der Waals surface area (Å²) in [6, 6.07) is 0. The second kappa shape index (κ2) is 15.2. The first kappa shape index (κ1) is 26.2. The summed E-state index contributed by atoms with van der Waals surface area (Å²) in [6.45, 7) is 13.6. The molecular formula is C25H48O2. The molecule has 0 rings (SSSR count). The van der Waals surface area contributed by atoms with Crippen molar-refractivity contribution in [3.8, 4) is 0 Å². The lowest BCUT2D eigenvalue weighted by atomic mass is 9.72. The number of ether oxygens (including phenoxy) is 1. The van der Waals surface area contributed by atoms with Gasteiger partial charge in [0.2, 0.25) is 0 Å². The summed E-state index contributed by atoms with van der Waals surface area (Å²) in [5.41, 5.74) is -0.233. The smallest absolute Gasteiger partial charge is 0.311 e. The standard InChI is InChI=1S/C25H48O2/c1-7-9-11-13-15-17-19-21-27-23(26)25(5,6)22-24(3,4)20-18-16-14-12-10-8-2/h17,19H,7-16,18,20-22H2,1-6H3/b19-17-. The van der Waals surface area contributed by atoms with Gasteiger partial charge >= 0.3 is 5.97 Å². The van der Waals surface area contributed by atoms with Gasteiger partial charge in [-0.05, 0) is 44.9 Å². The van der Waals surface area contributed by atoms with Crippen LogP contribution in [-0.4, -0.2) is 12.6 Å². The minimum absolute atomic E-state index is 0.0610. The van der Waals surface area contributed by atoms with E-state index in [0.29, 0.717) is 6.61 Å². The quantitative estimate of drug-likeness (QED) is 0.144. The Morgan fingerprint density at radius 1 is 0.778 bits per heavy atom. The summed E-state index contributed by atoms with van der Waals surface area (Å²) in [5.74, 6) is -0.0610. The molecule has 0 N–H and O–H groups in total. The largest absolute Gasteiger partial charge is 0.461 e. The first-order valence-electron chi connectivity index (χ1n) is 11.6. The number of hydrogen-bond acceptors (Lipinski definition) is 2. The van der Waals surface area contributed by atoms with Crippen LogP contribution in [0.3, 0.4) is 0 Å². The van der Waals surface area contributed by atoms with E-state index in [4.69, 9.17) is 4.74 Å². The Morgan fingerprint density at radius 3 is 1.96 bits per heavy atom. The lowest BCUT2D eigenvalue weighted by molar-refractivity contribution is -0.154. The predicted octanol–water partition coefficient (Wildman–Crippen LogP) is 8.25. The second-order valence-electron chi connectivity index (χ2n) is 9.66. The lowest BCUT2D eigenvalue weighted by Gasteiger charge is -2.33. The van der Waals surface area contributed by atoms with Crippen LogP contribution in [-0.2, 0) is 9.53 Å². The monoisotopic (exact) mass is 380 g/mol. The molecule has 0 radical (unpaired) electrons. The van der Waals surface area contributed by atoms with Gasteiger partial charge in [0.1, 0.15) is 6.61 Å². The molecule has 160 valence electrons. The maximum atomic E-state index is 12.5. The zero-order chi connectivity index (χ0) is 20.6. The van der Waals surface area contributed by atoms with Crippen LogP contribution in [0.1, 0.15) is 125 Å². The van der Waals surface area contributed by atoms with E-state index < -0.39 is 5.41 Å². The van der Waals surface area contributed by atoms with Crippen LogP contribution in [0.2, 0.25) is 0 Å². The van der Waals surface area contributed by atoms with Crippen LogP contribution in [0.15, 0.2) is 12.2 Å². The Hall–Kier alpha value is -0.790. The maximum Gasteiger partial charge on any atom is 0.311 e. The van der Waals surface area contributed by atoms with Crippen LogP contribution in [0.25, 0.3) is 0 Å². The molecule has 0 aromatic carbocycles. The number of carbonyl (C=O) groups excluding carboxylic acids is 1. The van der Waals surface area contributed by atoms with E-state index in [2.05, 4.69) is 33.8 Å². The molecule has 2 heteroatoms. The summed E-state index contributed by atoms with van der Waals surface area (Å²) >= 11 is 0. The molecule has 0 aliphatic carbocycles. The second-order valence-corrected chi connectivity index (χ2v) is 9.66. The van der Waals surface area contributed by atoms with Crippen molar-refractivity contribution in [1.82, 2.24) is 0 Å². The molecular weight excluding hydrogens is 332 g/mol. The Kier molecular flexibility index (Phi) is 14.7. The Morgan fingerprint density at radius 2 is 1.33 bits per heavy atom. The minimum Gasteiger partial charge on any atom is -0.461 e. The molecule has 2 nitrogen and oxygen atoms in total. The van der Waals surface area contributed by atoms with Crippen molar-refractivity contribution in [2.75, 3.05) is 6.61 Å². The first-order chi connectivity index (χ1) is 12.7. The third-order valence-electron chi connectivity index (χ3n) is 5.38. The number of carbonyl (C=O) groups is 1. The summed E-state index contributed by atoms with van der Waals surface area (Å²) in [7, 11) is 0. The molecule has 27 heavy (non-hydrogen) atoms. The van der Waals surface area contributed by atoms with E-state index in [1.54, 1.807) is 0 Å². The zero-order valence-corrected chi connectivity index (χ0v) is 19.4. The van der Waals surface area contributed by atoms with Crippen molar-refractivity contribution in [2.24, 2.45) is 10.8 Å². The molecule has 0 aliphatic rings. The van der Waals surface area contributed by atoms with Gasteiger partial charge in [0.25, 0.3) is 0 Å². The van der Waals surface area contributed by atoms with Crippen LogP contribution < -0.4 is 0 Å². The molecule has 0 saturated carbocycles. The van der Waals surface area contributed by atoms with Crippen molar-refractivity contribution in [3.63, 3.8) is 0 Å². The highest BCUT2D eigenvalue weighted by atomic mass is 16.5. The number of esters is 1. The zero-order valence-electron chi connectivity index (χ0n) is 19.4. The van der Waals surface area contributed by atoms with Gasteiger partial charge in [0, 0.05) is 0 Å². The summed E-state index contributed by atoms with van der Waals surface area (Å²) in [4.78, 5) is 12.5. The lowest BCUT2D eigenvalue weighted by Crippen LogP contribution is -2.32. The van der Waals surface area contributed by atoms with Gasteiger partial charge in [-0.15, -0.1) is 0 Å². The highest BCUT2D eigenvalue weighted by Crippen LogP contribution is 2.38. The molecule has 0 heterocycles. The predicted molar refractivity (Wildman–Crippen MR) is 119 cm³/mol. The highest BCUT2D eigenvalue weighted by Gasteiger charge is 2.35.